The van der Waals surface area contributed by atoms with Gasteiger partial charge in [-0.25, -0.2) is 0 Å². The van der Waals surface area contributed by atoms with Crippen molar-refractivity contribution in [2.45, 2.75) is 59.8 Å². The van der Waals surface area contributed by atoms with Crippen LogP contribution >= 0.6 is 0 Å². The molecule has 0 saturated carbocycles. The molecular formula is C62H131N15O4. The van der Waals surface area contributed by atoms with Gasteiger partial charge in [0.2, 0.25) is 0 Å². The van der Waals surface area contributed by atoms with Crippen molar-refractivity contribution in [3.05, 3.63) is 0 Å². The van der Waals surface area contributed by atoms with Crippen LogP contribution < -0.4 is 0 Å². The van der Waals surface area contributed by atoms with Crippen LogP contribution in [0.2, 0.25) is 0 Å². The summed E-state index contributed by atoms with van der Waals surface area (Å²) in [5.74, 6) is 0. The summed E-state index contributed by atoms with van der Waals surface area (Å²) in [4.78, 5) is 38.3. The zero-order valence-electron chi connectivity index (χ0n) is 54.2. The van der Waals surface area contributed by atoms with Crippen LogP contribution in [0, 0.1) is 0 Å². The van der Waals surface area contributed by atoms with Gasteiger partial charge in [-0.15, -0.1) is 0 Å². The molecule has 0 aromatic carbocycles. The predicted octanol–water partition coefficient (Wildman–Crippen LogP) is 1.57. The molecule has 6 fully saturated rings. The third-order valence-corrected chi connectivity index (χ3v) is 18.6. The van der Waals surface area contributed by atoms with Crippen molar-refractivity contribution in [1.82, 2.24) is 73.5 Å². The number of hydrogen-bond acceptors (Lipinski definition) is 19. The first-order valence-corrected chi connectivity index (χ1v) is 33.8. The van der Waals surface area contributed by atoms with Gasteiger partial charge in [0, 0.05) is 249 Å². The van der Waals surface area contributed by atoms with Crippen molar-refractivity contribution in [2.24, 2.45) is 0 Å². The van der Waals surface area contributed by atoms with Crippen LogP contribution in [0.5, 0.6) is 0 Å². The van der Waals surface area contributed by atoms with Crippen molar-refractivity contribution >= 4 is 0 Å². The molecule has 0 bridgehead atoms. The highest BCUT2D eigenvalue weighted by Crippen LogP contribution is 2.09. The highest BCUT2D eigenvalue weighted by atomic mass is 16.5. The first kappa shape index (κ1) is 71.0. The fraction of sp³-hybridized carbons (Fsp3) is 1.00. The SMILES string of the molecule is CCCCCCN1CCN(CCOCCN(C)CCOCCN2CCN(CCN(C)CCC)CC2)CC1.CCN1CCN(CCN2CCN(CCOCCN(C)CCOCCN3CCN(CCN4CCN(CC)CC4)CC3)CC2)CC1. The molecule has 0 aromatic heterocycles. The van der Waals surface area contributed by atoms with Gasteiger partial charge < -0.3 is 48.3 Å². The quantitative estimate of drug-likeness (QED) is 0.0830. The smallest absolute Gasteiger partial charge is 0.0594 e. The Bertz CT molecular complexity index is 1370. The highest BCUT2D eigenvalue weighted by molar-refractivity contribution is 4.79. The fourth-order valence-electron chi connectivity index (χ4n) is 12.0. The normalized spacial score (nSPS) is 21.6. The molecule has 6 aliphatic heterocycles. The summed E-state index contributed by atoms with van der Waals surface area (Å²) < 4.78 is 23.9. The molecule has 0 aromatic rings. The molecule has 0 radical (unpaired) electrons. The number of piperazine rings is 6. The summed E-state index contributed by atoms with van der Waals surface area (Å²) in [6.07, 6.45) is 6.71. The highest BCUT2D eigenvalue weighted by Gasteiger charge is 2.23. The molecule has 19 heteroatoms. The fourth-order valence-corrected chi connectivity index (χ4v) is 12.0. The lowest BCUT2D eigenvalue weighted by atomic mass is 10.2. The van der Waals surface area contributed by atoms with E-state index in [0.717, 1.165) is 105 Å². The molecule has 6 rings (SSSR count). The maximum absolute atomic E-state index is 5.99. The molecule has 0 N–H and O–H groups in total. The minimum absolute atomic E-state index is 0.807. The zero-order chi connectivity index (χ0) is 57.4. The maximum atomic E-state index is 5.99. The van der Waals surface area contributed by atoms with E-state index in [1.807, 2.05) is 0 Å². The van der Waals surface area contributed by atoms with Crippen LogP contribution in [0.25, 0.3) is 0 Å². The van der Waals surface area contributed by atoms with E-state index in [1.165, 1.54) is 255 Å². The molecular weight excluding hydrogens is 1020 g/mol. The number of hydrogen-bond donors (Lipinski definition) is 0. The van der Waals surface area contributed by atoms with Crippen LogP contribution in [0.1, 0.15) is 59.8 Å². The molecule has 0 aliphatic carbocycles. The minimum Gasteiger partial charge on any atom is -0.379 e. The monoisotopic (exact) mass is 1150 g/mol. The van der Waals surface area contributed by atoms with Gasteiger partial charge in [-0.05, 0) is 60.2 Å². The van der Waals surface area contributed by atoms with Gasteiger partial charge >= 0.3 is 0 Å². The molecule has 0 amide bonds. The van der Waals surface area contributed by atoms with Crippen LogP contribution in [0.15, 0.2) is 0 Å². The maximum Gasteiger partial charge on any atom is 0.0594 e. The third-order valence-electron chi connectivity index (χ3n) is 18.6. The Balaban J connectivity index is 0.000000302. The molecule has 0 atom stereocenters. The summed E-state index contributed by atoms with van der Waals surface area (Å²) in [5, 5.41) is 0. The van der Waals surface area contributed by atoms with E-state index in [9.17, 15) is 0 Å². The summed E-state index contributed by atoms with van der Waals surface area (Å²) in [6, 6.07) is 0. The molecule has 81 heavy (non-hydrogen) atoms. The Hall–Kier alpha value is -0.760. The van der Waals surface area contributed by atoms with Gasteiger partial charge in [-0.3, -0.25) is 44.1 Å². The van der Waals surface area contributed by atoms with E-state index in [1.54, 1.807) is 0 Å². The lowest BCUT2D eigenvalue weighted by Gasteiger charge is -2.38. The Kier molecular flexibility index (Phi) is 39.9. The average molecular weight is 1150 g/mol. The minimum atomic E-state index is 0.807. The van der Waals surface area contributed by atoms with Crippen molar-refractivity contribution in [1.29, 1.82) is 0 Å². The number of likely N-dealkylation sites (N-methyl/N-ethyl adjacent to an activating group) is 5. The van der Waals surface area contributed by atoms with E-state index in [-0.39, 0.29) is 0 Å². The first-order valence-electron chi connectivity index (χ1n) is 33.8. The summed E-state index contributed by atoms with van der Waals surface area (Å²) in [5.41, 5.74) is 0. The number of nitrogens with zero attached hydrogens (tertiary/aromatic N) is 15. The zero-order valence-corrected chi connectivity index (χ0v) is 54.2. The van der Waals surface area contributed by atoms with Crippen LogP contribution in [-0.2, 0) is 18.9 Å². The summed E-state index contributed by atoms with van der Waals surface area (Å²) in [7, 11) is 6.59. The topological polar surface area (TPSA) is 85.5 Å². The van der Waals surface area contributed by atoms with E-state index in [2.05, 4.69) is 122 Å². The lowest BCUT2D eigenvalue weighted by Crippen LogP contribution is -2.51. The summed E-state index contributed by atoms with van der Waals surface area (Å²) >= 11 is 0. The molecule has 6 saturated heterocycles. The van der Waals surface area contributed by atoms with Crippen LogP contribution in [0.4, 0.5) is 0 Å². The average Bonchev–Trinajstić information content (AvgIpc) is 3.50. The molecule has 0 unspecified atom stereocenters. The number of unbranched alkanes of at least 4 members (excludes halogenated alkanes) is 3. The van der Waals surface area contributed by atoms with Gasteiger partial charge in [0.25, 0.3) is 0 Å². The van der Waals surface area contributed by atoms with E-state index >= 15 is 0 Å². The van der Waals surface area contributed by atoms with Gasteiger partial charge in [0.05, 0.1) is 52.9 Å². The lowest BCUT2D eigenvalue weighted by molar-refractivity contribution is 0.0488. The molecule has 19 nitrogen and oxygen atoms in total. The second kappa shape index (κ2) is 45.5. The van der Waals surface area contributed by atoms with E-state index in [4.69, 9.17) is 18.9 Å². The van der Waals surface area contributed by atoms with Gasteiger partial charge in [-0.1, -0.05) is 47.0 Å². The largest absolute Gasteiger partial charge is 0.379 e. The second-order valence-electron chi connectivity index (χ2n) is 24.7. The predicted molar refractivity (Wildman–Crippen MR) is 339 cm³/mol. The molecule has 6 aliphatic rings. The summed E-state index contributed by atoms with van der Waals surface area (Å²) in [6.45, 7) is 65.0. The third kappa shape index (κ3) is 33.2. The molecule has 6 heterocycles. The Morgan fingerprint density at radius 2 is 0.469 bits per heavy atom. The van der Waals surface area contributed by atoms with Crippen LogP contribution in [0.3, 0.4) is 0 Å². The van der Waals surface area contributed by atoms with Crippen molar-refractivity contribution in [2.75, 3.05) is 349 Å². The van der Waals surface area contributed by atoms with Crippen molar-refractivity contribution < 1.29 is 18.9 Å². The Morgan fingerprint density at radius 3 is 0.741 bits per heavy atom. The first-order chi connectivity index (χ1) is 39.7. The molecule has 478 valence electrons. The van der Waals surface area contributed by atoms with Gasteiger partial charge in [-0.2, -0.15) is 0 Å². The van der Waals surface area contributed by atoms with Gasteiger partial charge in [0.1, 0.15) is 0 Å². The van der Waals surface area contributed by atoms with E-state index in [0.29, 0.717) is 0 Å². The Morgan fingerprint density at radius 1 is 0.222 bits per heavy atom. The van der Waals surface area contributed by atoms with E-state index < -0.39 is 0 Å². The number of rotatable bonds is 42. The van der Waals surface area contributed by atoms with Crippen molar-refractivity contribution in [3.8, 4) is 0 Å². The standard InChI is InChI=1S/C33H69N9O2.C29H62N6O2/c1-4-35-6-10-37(11-7-35)14-16-39-18-22-41(23-19-39)28-32-43-30-26-34(3)27-31-44-33-29-42-24-20-40(21-25-42)17-15-38-12-8-36(5-2)9-13-38;1-5-7-8-9-11-32-14-18-34(19-15-32)24-28-36-26-22-31(4)23-27-37-29-25-35-20-16-33(17-21-35)13-12-30(3)10-6-2/h4-33H2,1-3H3;5-29H2,1-4H3. The van der Waals surface area contributed by atoms with Crippen molar-refractivity contribution in [3.63, 3.8) is 0 Å². The number of ether oxygens (including phenoxy) is 4. The second-order valence-corrected chi connectivity index (χ2v) is 24.7. The van der Waals surface area contributed by atoms with Gasteiger partial charge in [0.15, 0.2) is 0 Å². The Labute approximate surface area is 499 Å². The molecule has 0 spiro atoms. The van der Waals surface area contributed by atoms with Crippen LogP contribution in [-0.4, -0.2) is 422 Å².